The predicted octanol–water partition coefficient (Wildman–Crippen LogP) is 1.60. The SMILES string of the molecule is O=C(O)CCSc1cc(O)c2c(c1O)C(=O)C=CC2=O. The number of aliphatic carboxylic acids is 1. The van der Waals surface area contributed by atoms with E-state index in [0.29, 0.717) is 0 Å². The molecule has 7 heteroatoms. The second-order valence-electron chi connectivity index (χ2n) is 4.05. The number of phenolic OH excluding ortho intramolecular Hbond substituents is 2. The number of thioether (sulfide) groups is 1. The quantitative estimate of drug-likeness (QED) is 0.571. The van der Waals surface area contributed by atoms with Gasteiger partial charge in [0.05, 0.1) is 22.4 Å². The molecule has 0 radical (unpaired) electrons. The molecule has 6 nitrogen and oxygen atoms in total. The zero-order chi connectivity index (χ0) is 14.9. The minimum absolute atomic E-state index is 0.130. The van der Waals surface area contributed by atoms with Crippen LogP contribution in [0.5, 0.6) is 11.5 Å². The summed E-state index contributed by atoms with van der Waals surface area (Å²) in [5, 5.41) is 28.4. The Morgan fingerprint density at radius 3 is 2.30 bits per heavy atom. The normalized spacial score (nSPS) is 13.4. The smallest absolute Gasteiger partial charge is 0.304 e. The first-order valence-corrected chi connectivity index (χ1v) is 6.60. The topological polar surface area (TPSA) is 112 Å². The Hall–Kier alpha value is -2.28. The summed E-state index contributed by atoms with van der Waals surface area (Å²) in [7, 11) is 0. The Morgan fingerprint density at radius 2 is 1.70 bits per heavy atom. The van der Waals surface area contributed by atoms with Gasteiger partial charge in [-0.1, -0.05) is 0 Å². The molecule has 0 spiro atoms. The van der Waals surface area contributed by atoms with E-state index in [-0.39, 0.29) is 28.2 Å². The number of aromatic hydroxyl groups is 2. The Balaban J connectivity index is 2.41. The van der Waals surface area contributed by atoms with Gasteiger partial charge in [-0.3, -0.25) is 14.4 Å². The molecule has 0 atom stereocenters. The van der Waals surface area contributed by atoms with Crippen molar-refractivity contribution < 1.29 is 29.7 Å². The second-order valence-corrected chi connectivity index (χ2v) is 5.18. The van der Waals surface area contributed by atoms with Gasteiger partial charge in [-0.05, 0) is 18.2 Å². The fourth-order valence-electron chi connectivity index (χ4n) is 1.80. The van der Waals surface area contributed by atoms with E-state index < -0.39 is 29.0 Å². The lowest BCUT2D eigenvalue weighted by molar-refractivity contribution is -0.136. The van der Waals surface area contributed by atoms with E-state index in [9.17, 15) is 24.6 Å². The van der Waals surface area contributed by atoms with Gasteiger partial charge in [-0.2, -0.15) is 0 Å². The molecule has 1 aliphatic rings. The molecule has 0 saturated carbocycles. The van der Waals surface area contributed by atoms with Crippen LogP contribution in [0.1, 0.15) is 27.1 Å². The van der Waals surface area contributed by atoms with Crippen LogP contribution in [0.3, 0.4) is 0 Å². The van der Waals surface area contributed by atoms with E-state index in [4.69, 9.17) is 5.11 Å². The van der Waals surface area contributed by atoms with E-state index >= 15 is 0 Å². The van der Waals surface area contributed by atoms with E-state index in [1.54, 1.807) is 0 Å². The van der Waals surface area contributed by atoms with Gasteiger partial charge in [0.15, 0.2) is 11.6 Å². The van der Waals surface area contributed by atoms with Crippen LogP contribution in [-0.2, 0) is 4.79 Å². The second kappa shape index (κ2) is 5.38. The minimum atomic E-state index is -0.992. The van der Waals surface area contributed by atoms with Crippen LogP contribution in [0.2, 0.25) is 0 Å². The third kappa shape index (κ3) is 2.53. The summed E-state index contributed by atoms with van der Waals surface area (Å²) in [4.78, 5) is 34.0. The van der Waals surface area contributed by atoms with Crippen molar-refractivity contribution in [2.45, 2.75) is 11.3 Å². The number of fused-ring (bicyclic) bond motifs is 1. The van der Waals surface area contributed by atoms with E-state index in [1.807, 2.05) is 0 Å². The molecule has 104 valence electrons. The van der Waals surface area contributed by atoms with Gasteiger partial charge in [0.2, 0.25) is 0 Å². The molecule has 0 saturated heterocycles. The maximum absolute atomic E-state index is 11.7. The Bertz CT molecular complexity index is 647. The van der Waals surface area contributed by atoms with Crippen molar-refractivity contribution in [2.75, 3.05) is 5.75 Å². The number of ketones is 2. The van der Waals surface area contributed by atoms with Gasteiger partial charge < -0.3 is 15.3 Å². The van der Waals surface area contributed by atoms with Gasteiger partial charge in [-0.15, -0.1) is 11.8 Å². The number of carboxylic acid groups (broad SMARTS) is 1. The van der Waals surface area contributed by atoms with Crippen molar-refractivity contribution in [3.05, 3.63) is 29.3 Å². The van der Waals surface area contributed by atoms with Crippen molar-refractivity contribution in [1.82, 2.24) is 0 Å². The van der Waals surface area contributed by atoms with Gasteiger partial charge >= 0.3 is 5.97 Å². The lowest BCUT2D eigenvalue weighted by atomic mass is 9.93. The van der Waals surface area contributed by atoms with Crippen molar-refractivity contribution in [3.63, 3.8) is 0 Å². The third-order valence-corrected chi connectivity index (χ3v) is 3.73. The van der Waals surface area contributed by atoms with Crippen LogP contribution in [0.15, 0.2) is 23.1 Å². The van der Waals surface area contributed by atoms with E-state index in [1.165, 1.54) is 0 Å². The minimum Gasteiger partial charge on any atom is -0.507 e. The number of carboxylic acids is 1. The fourth-order valence-corrected chi connectivity index (χ4v) is 2.73. The van der Waals surface area contributed by atoms with Gasteiger partial charge in [0.25, 0.3) is 0 Å². The number of phenols is 2. The number of benzene rings is 1. The molecule has 20 heavy (non-hydrogen) atoms. The van der Waals surface area contributed by atoms with E-state index in [0.717, 1.165) is 30.0 Å². The maximum atomic E-state index is 11.7. The van der Waals surface area contributed by atoms with Crippen LogP contribution in [0.4, 0.5) is 0 Å². The highest BCUT2D eigenvalue weighted by atomic mass is 32.2. The Kier molecular flexibility index (Phi) is 3.80. The molecule has 0 fully saturated rings. The summed E-state index contributed by atoms with van der Waals surface area (Å²) in [6.45, 7) is 0. The highest BCUT2D eigenvalue weighted by Crippen LogP contribution is 2.40. The standard InChI is InChI=1S/C13H10O6S/c14-6-1-2-7(15)12-11(6)8(16)5-9(13(12)19)20-4-3-10(17)18/h1-2,5,16,19H,3-4H2,(H,17,18). The van der Waals surface area contributed by atoms with Crippen molar-refractivity contribution in [3.8, 4) is 11.5 Å². The van der Waals surface area contributed by atoms with Gasteiger partial charge in [0.1, 0.15) is 11.5 Å². The molecule has 0 aliphatic heterocycles. The number of hydrogen-bond acceptors (Lipinski definition) is 6. The summed E-state index contributed by atoms with van der Waals surface area (Å²) in [5.74, 6) is -2.77. The van der Waals surface area contributed by atoms with Gasteiger partial charge in [-0.25, -0.2) is 0 Å². The number of hydrogen-bond donors (Lipinski definition) is 3. The summed E-state index contributed by atoms with van der Waals surface area (Å²) >= 11 is 0.987. The summed E-state index contributed by atoms with van der Waals surface area (Å²) in [6, 6.07) is 1.16. The number of rotatable bonds is 4. The average molecular weight is 294 g/mol. The van der Waals surface area contributed by atoms with Crippen LogP contribution >= 0.6 is 11.8 Å². The van der Waals surface area contributed by atoms with Crippen LogP contribution < -0.4 is 0 Å². The molecule has 0 amide bonds. The third-order valence-electron chi connectivity index (χ3n) is 2.70. The Labute approximate surface area is 117 Å². The molecule has 1 aliphatic carbocycles. The summed E-state index contributed by atoms with van der Waals surface area (Å²) in [6.07, 6.45) is 1.92. The molecular formula is C13H10O6S. The van der Waals surface area contributed by atoms with Crippen molar-refractivity contribution >= 4 is 29.3 Å². The monoisotopic (exact) mass is 294 g/mol. The average Bonchev–Trinajstić information content (AvgIpc) is 2.37. The molecule has 0 aromatic heterocycles. The maximum Gasteiger partial charge on any atom is 0.304 e. The lowest BCUT2D eigenvalue weighted by Gasteiger charge is -2.15. The molecule has 1 aromatic rings. The van der Waals surface area contributed by atoms with Crippen LogP contribution in [-0.4, -0.2) is 38.6 Å². The first-order chi connectivity index (χ1) is 9.41. The zero-order valence-corrected chi connectivity index (χ0v) is 10.9. The molecule has 2 rings (SSSR count). The fraction of sp³-hybridized carbons (Fsp3) is 0.154. The van der Waals surface area contributed by atoms with Crippen molar-refractivity contribution in [2.24, 2.45) is 0 Å². The van der Waals surface area contributed by atoms with Crippen LogP contribution in [0.25, 0.3) is 0 Å². The van der Waals surface area contributed by atoms with E-state index in [2.05, 4.69) is 0 Å². The number of carbonyl (C=O) groups is 3. The lowest BCUT2D eigenvalue weighted by Crippen LogP contribution is -2.12. The molecule has 0 unspecified atom stereocenters. The number of carbonyl (C=O) groups excluding carboxylic acids is 2. The van der Waals surface area contributed by atoms with Crippen LogP contribution in [0, 0.1) is 0 Å². The summed E-state index contributed by atoms with van der Waals surface area (Å²) < 4.78 is 0. The number of allylic oxidation sites excluding steroid dienone is 2. The zero-order valence-electron chi connectivity index (χ0n) is 10.1. The van der Waals surface area contributed by atoms with Gasteiger partial charge in [0, 0.05) is 5.75 Å². The largest absolute Gasteiger partial charge is 0.507 e. The first-order valence-electron chi connectivity index (χ1n) is 5.62. The first kappa shape index (κ1) is 14.1. The Morgan fingerprint density at radius 1 is 1.10 bits per heavy atom. The molecule has 3 N–H and O–H groups in total. The molecular weight excluding hydrogens is 284 g/mol. The molecule has 1 aromatic carbocycles. The molecule has 0 bridgehead atoms. The summed E-state index contributed by atoms with van der Waals surface area (Å²) in [5.41, 5.74) is -0.465. The highest BCUT2D eigenvalue weighted by molar-refractivity contribution is 7.99. The van der Waals surface area contributed by atoms with Crippen molar-refractivity contribution in [1.29, 1.82) is 0 Å². The molecule has 0 heterocycles. The predicted molar refractivity (Wildman–Crippen MR) is 70.5 cm³/mol. The highest BCUT2D eigenvalue weighted by Gasteiger charge is 2.28.